The Morgan fingerprint density at radius 2 is 1.90 bits per heavy atom. The second-order valence-electron chi connectivity index (χ2n) is 1.97. The highest BCUT2D eigenvalue weighted by atomic mass is 19.1. The van der Waals surface area contributed by atoms with Gasteiger partial charge in [-0.25, -0.2) is 4.39 Å². The monoisotopic (exact) mass is 140 g/mol. The van der Waals surface area contributed by atoms with Crippen LogP contribution in [0.15, 0.2) is 30.3 Å². The first kappa shape index (κ1) is 7.06. The highest BCUT2D eigenvalue weighted by molar-refractivity contribution is 5.20. The summed E-state index contributed by atoms with van der Waals surface area (Å²) in [4.78, 5) is 0. The number of hydrogen-bond acceptors (Lipinski definition) is 1. The summed E-state index contributed by atoms with van der Waals surface area (Å²) in [5.74, 6) is 0.567. The molecule has 1 rings (SSSR count). The summed E-state index contributed by atoms with van der Waals surface area (Å²) in [5.41, 5.74) is 0. The average molecular weight is 140 g/mol. The summed E-state index contributed by atoms with van der Waals surface area (Å²) in [6, 6.07) is 8.90. The Balaban J connectivity index is 2.59. The van der Waals surface area contributed by atoms with Crippen molar-refractivity contribution in [2.45, 2.75) is 13.3 Å². The van der Waals surface area contributed by atoms with Gasteiger partial charge in [0.2, 0.25) is 6.36 Å². The molecule has 0 unspecified atom stereocenters. The summed E-state index contributed by atoms with van der Waals surface area (Å²) >= 11 is 0. The van der Waals surface area contributed by atoms with Gasteiger partial charge < -0.3 is 4.74 Å². The summed E-state index contributed by atoms with van der Waals surface area (Å²) in [5, 5.41) is 0. The lowest BCUT2D eigenvalue weighted by molar-refractivity contribution is 0.0860. The van der Waals surface area contributed by atoms with Gasteiger partial charge in [0.15, 0.2) is 0 Å². The first-order chi connectivity index (χ1) is 4.79. The van der Waals surface area contributed by atoms with E-state index < -0.39 is 6.36 Å². The van der Waals surface area contributed by atoms with Gasteiger partial charge in [0, 0.05) is 6.92 Å². The summed E-state index contributed by atoms with van der Waals surface area (Å²) in [6.45, 7) is 1.35. The Hall–Kier alpha value is -1.05. The maximum absolute atomic E-state index is 12.2. The van der Waals surface area contributed by atoms with Gasteiger partial charge in [-0.05, 0) is 12.1 Å². The fourth-order valence-corrected chi connectivity index (χ4v) is 0.687. The smallest absolute Gasteiger partial charge is 0.235 e. The molecular formula is C8H9FO. The van der Waals surface area contributed by atoms with E-state index in [2.05, 4.69) is 0 Å². The molecule has 0 N–H and O–H groups in total. The fraction of sp³-hybridized carbons (Fsp3) is 0.250. The van der Waals surface area contributed by atoms with Crippen molar-refractivity contribution in [2.75, 3.05) is 0 Å². The van der Waals surface area contributed by atoms with Crippen LogP contribution in [-0.4, -0.2) is 6.36 Å². The van der Waals surface area contributed by atoms with Gasteiger partial charge in [0.25, 0.3) is 0 Å². The number of ether oxygens (including phenoxy) is 1. The number of para-hydroxylation sites is 1. The summed E-state index contributed by atoms with van der Waals surface area (Å²) in [6.07, 6.45) is -1.23. The first-order valence-electron chi connectivity index (χ1n) is 3.15. The molecule has 54 valence electrons. The zero-order valence-corrected chi connectivity index (χ0v) is 5.75. The molecule has 0 amide bonds. The van der Waals surface area contributed by atoms with Crippen LogP contribution in [0.4, 0.5) is 4.39 Å². The molecule has 0 aromatic heterocycles. The van der Waals surface area contributed by atoms with Crippen LogP contribution in [0.1, 0.15) is 6.92 Å². The average Bonchev–Trinajstić information content (AvgIpc) is 1.88. The standard InChI is InChI=1S/C8H9FO/c1-7(9)10-8-5-3-2-4-6-8/h2-7H,1H3/t7-/m1/s1. The zero-order chi connectivity index (χ0) is 7.40. The molecule has 0 aliphatic heterocycles. The highest BCUT2D eigenvalue weighted by Gasteiger charge is 1.96. The van der Waals surface area contributed by atoms with Crippen molar-refractivity contribution in [1.82, 2.24) is 0 Å². The Labute approximate surface area is 59.4 Å². The van der Waals surface area contributed by atoms with E-state index in [1.165, 1.54) is 6.92 Å². The van der Waals surface area contributed by atoms with Gasteiger partial charge in [-0.3, -0.25) is 0 Å². The third-order valence-electron chi connectivity index (χ3n) is 1.04. The molecule has 2 heteroatoms. The molecule has 0 saturated heterocycles. The van der Waals surface area contributed by atoms with Gasteiger partial charge in [-0.1, -0.05) is 18.2 Å². The predicted octanol–water partition coefficient (Wildman–Crippen LogP) is 2.38. The largest absolute Gasteiger partial charge is 0.461 e. The van der Waals surface area contributed by atoms with E-state index in [9.17, 15) is 4.39 Å². The van der Waals surface area contributed by atoms with Crippen LogP contribution in [0.25, 0.3) is 0 Å². The Morgan fingerprint density at radius 1 is 1.30 bits per heavy atom. The van der Waals surface area contributed by atoms with E-state index >= 15 is 0 Å². The van der Waals surface area contributed by atoms with Crippen molar-refractivity contribution in [3.05, 3.63) is 30.3 Å². The number of halogens is 1. The minimum absolute atomic E-state index is 0.567. The molecule has 1 atom stereocenters. The van der Waals surface area contributed by atoms with Gasteiger partial charge in [-0.15, -0.1) is 0 Å². The molecule has 10 heavy (non-hydrogen) atoms. The molecule has 1 aromatic carbocycles. The zero-order valence-electron chi connectivity index (χ0n) is 5.75. The fourth-order valence-electron chi connectivity index (χ4n) is 0.687. The molecular weight excluding hydrogens is 131 g/mol. The third-order valence-corrected chi connectivity index (χ3v) is 1.04. The van der Waals surface area contributed by atoms with E-state index in [1.54, 1.807) is 24.3 Å². The lowest BCUT2D eigenvalue weighted by atomic mass is 10.3. The Morgan fingerprint density at radius 3 is 2.40 bits per heavy atom. The Kier molecular flexibility index (Phi) is 2.26. The second kappa shape index (κ2) is 3.20. The predicted molar refractivity (Wildman–Crippen MR) is 37.6 cm³/mol. The summed E-state index contributed by atoms with van der Waals surface area (Å²) < 4.78 is 16.9. The molecule has 0 saturated carbocycles. The normalized spacial score (nSPS) is 12.6. The van der Waals surface area contributed by atoms with E-state index in [0.717, 1.165) is 0 Å². The minimum Gasteiger partial charge on any atom is -0.461 e. The van der Waals surface area contributed by atoms with Gasteiger partial charge >= 0.3 is 0 Å². The van der Waals surface area contributed by atoms with Crippen molar-refractivity contribution in [2.24, 2.45) is 0 Å². The maximum atomic E-state index is 12.2. The van der Waals surface area contributed by atoms with Crippen LogP contribution in [-0.2, 0) is 0 Å². The highest BCUT2D eigenvalue weighted by Crippen LogP contribution is 2.10. The molecule has 0 radical (unpaired) electrons. The van der Waals surface area contributed by atoms with Crippen molar-refractivity contribution in [3.63, 3.8) is 0 Å². The lowest BCUT2D eigenvalue weighted by Crippen LogP contribution is -2.02. The van der Waals surface area contributed by atoms with Gasteiger partial charge in [0.1, 0.15) is 5.75 Å². The van der Waals surface area contributed by atoms with Crippen LogP contribution >= 0.6 is 0 Å². The SMILES string of the molecule is C[C@H](F)Oc1ccccc1. The Bertz CT molecular complexity index is 184. The lowest BCUT2D eigenvalue weighted by Gasteiger charge is -2.04. The van der Waals surface area contributed by atoms with Gasteiger partial charge in [-0.2, -0.15) is 0 Å². The number of hydrogen-bond donors (Lipinski definition) is 0. The number of alkyl halides is 1. The van der Waals surface area contributed by atoms with Crippen LogP contribution < -0.4 is 4.74 Å². The van der Waals surface area contributed by atoms with Gasteiger partial charge in [0.05, 0.1) is 0 Å². The number of rotatable bonds is 2. The topological polar surface area (TPSA) is 9.23 Å². The molecule has 0 fully saturated rings. The molecule has 0 spiro atoms. The van der Waals surface area contributed by atoms with E-state index in [0.29, 0.717) is 5.75 Å². The van der Waals surface area contributed by atoms with Crippen molar-refractivity contribution in [3.8, 4) is 5.75 Å². The first-order valence-corrected chi connectivity index (χ1v) is 3.15. The molecule has 0 heterocycles. The van der Waals surface area contributed by atoms with Crippen LogP contribution in [0.2, 0.25) is 0 Å². The van der Waals surface area contributed by atoms with Crippen molar-refractivity contribution >= 4 is 0 Å². The molecule has 0 aliphatic rings. The summed E-state index contributed by atoms with van der Waals surface area (Å²) in [7, 11) is 0. The van der Waals surface area contributed by atoms with E-state index in [1.807, 2.05) is 6.07 Å². The third kappa shape index (κ3) is 2.05. The second-order valence-corrected chi connectivity index (χ2v) is 1.97. The number of benzene rings is 1. The maximum Gasteiger partial charge on any atom is 0.235 e. The quantitative estimate of drug-likeness (QED) is 0.612. The van der Waals surface area contributed by atoms with Crippen molar-refractivity contribution < 1.29 is 9.13 Å². The minimum atomic E-state index is -1.23. The van der Waals surface area contributed by atoms with Crippen molar-refractivity contribution in [1.29, 1.82) is 0 Å². The van der Waals surface area contributed by atoms with Crippen LogP contribution in [0.5, 0.6) is 5.75 Å². The van der Waals surface area contributed by atoms with E-state index in [-0.39, 0.29) is 0 Å². The van der Waals surface area contributed by atoms with Crippen LogP contribution in [0.3, 0.4) is 0 Å². The molecule has 0 aliphatic carbocycles. The van der Waals surface area contributed by atoms with Crippen LogP contribution in [0, 0.1) is 0 Å². The molecule has 0 bridgehead atoms. The van der Waals surface area contributed by atoms with E-state index in [4.69, 9.17) is 4.74 Å². The molecule has 1 nitrogen and oxygen atoms in total. The molecule has 1 aromatic rings.